The molecule has 2 N–H and O–H groups in total. The largest absolute Gasteiger partial charge is 0.378 e. The number of halogens is 1. The molecule has 0 radical (unpaired) electrons. The second kappa shape index (κ2) is 8.26. The van der Waals surface area contributed by atoms with E-state index in [9.17, 15) is 4.79 Å². The average molecular weight is 355 g/mol. The summed E-state index contributed by atoms with van der Waals surface area (Å²) in [5, 5.41) is 0. The van der Waals surface area contributed by atoms with Crippen LogP contribution in [0.5, 0.6) is 0 Å². The van der Waals surface area contributed by atoms with Crippen LogP contribution < -0.4 is 5.73 Å². The van der Waals surface area contributed by atoms with Gasteiger partial charge in [-0.15, -0.1) is 0 Å². The van der Waals surface area contributed by atoms with Gasteiger partial charge in [-0.05, 0) is 39.0 Å². The maximum absolute atomic E-state index is 10.5. The zero-order valence-electron chi connectivity index (χ0n) is 10.4. The van der Waals surface area contributed by atoms with E-state index in [1.54, 1.807) is 0 Å². The van der Waals surface area contributed by atoms with Crippen molar-refractivity contribution in [2.24, 2.45) is 5.73 Å². The first-order valence-electron chi connectivity index (χ1n) is 6.27. The van der Waals surface area contributed by atoms with Crippen LogP contribution in [-0.2, 0) is 14.3 Å². The van der Waals surface area contributed by atoms with Crippen molar-refractivity contribution < 1.29 is 14.3 Å². The first-order chi connectivity index (χ1) is 8.08. The third-order valence-electron chi connectivity index (χ3n) is 2.92. The molecule has 0 aromatic rings. The van der Waals surface area contributed by atoms with Crippen molar-refractivity contribution >= 4 is 28.5 Å². The number of nitrogens with two attached hydrogens (primary N) is 1. The minimum absolute atomic E-state index is 0.248. The maximum atomic E-state index is 10.5. The monoisotopic (exact) mass is 355 g/mol. The van der Waals surface area contributed by atoms with E-state index in [-0.39, 0.29) is 10.0 Å². The summed E-state index contributed by atoms with van der Waals surface area (Å²) < 4.78 is 11.8. The molecule has 1 fully saturated rings. The van der Waals surface area contributed by atoms with Gasteiger partial charge in [0.2, 0.25) is 5.91 Å². The molecule has 1 unspecified atom stereocenters. The lowest BCUT2D eigenvalue weighted by Gasteiger charge is -2.29. The second-order valence-corrected chi connectivity index (χ2v) is 6.27. The van der Waals surface area contributed by atoms with Gasteiger partial charge in [0.15, 0.2) is 0 Å². The maximum Gasteiger partial charge on any atom is 0.217 e. The Bertz CT molecular complexity index is 228. The van der Waals surface area contributed by atoms with Gasteiger partial charge in [0.25, 0.3) is 0 Å². The van der Waals surface area contributed by atoms with E-state index >= 15 is 0 Å². The summed E-state index contributed by atoms with van der Waals surface area (Å²) in [5.41, 5.74) is 5.06. The highest BCUT2D eigenvalue weighted by molar-refractivity contribution is 14.1. The Morgan fingerprint density at radius 2 is 1.94 bits per heavy atom. The molecule has 1 aliphatic carbocycles. The number of ether oxygens (including phenoxy) is 2. The Hall–Kier alpha value is 0.120. The first-order valence-corrected chi connectivity index (χ1v) is 7.52. The van der Waals surface area contributed by atoms with E-state index in [4.69, 9.17) is 15.2 Å². The lowest BCUT2D eigenvalue weighted by atomic mass is 9.95. The van der Waals surface area contributed by atoms with Gasteiger partial charge in [0.1, 0.15) is 4.11 Å². The molecule has 0 bridgehead atoms. The summed E-state index contributed by atoms with van der Waals surface area (Å²) in [6, 6.07) is 0. The molecule has 100 valence electrons. The highest BCUT2D eigenvalue weighted by atomic mass is 127. The number of amides is 1. The Morgan fingerprint density at radius 1 is 1.35 bits per heavy atom. The number of hydrogen-bond donors (Lipinski definition) is 1. The number of rotatable bonds is 7. The van der Waals surface area contributed by atoms with Gasteiger partial charge < -0.3 is 15.2 Å². The minimum atomic E-state index is -0.248. The molecular weight excluding hydrogens is 333 g/mol. The molecule has 1 amide bonds. The van der Waals surface area contributed by atoms with Crippen molar-refractivity contribution in [2.45, 2.75) is 61.8 Å². The number of carbonyl (C=O) groups excluding carboxylic acids is 1. The third-order valence-corrected chi connectivity index (χ3v) is 3.22. The van der Waals surface area contributed by atoms with E-state index in [2.05, 4.69) is 29.5 Å². The fraction of sp³-hybridized carbons (Fsp3) is 0.917. The van der Waals surface area contributed by atoms with Crippen LogP contribution in [-0.4, -0.2) is 28.8 Å². The molecule has 17 heavy (non-hydrogen) atoms. The molecule has 1 aliphatic rings. The molecule has 0 spiro atoms. The van der Waals surface area contributed by atoms with E-state index in [1.807, 2.05) is 0 Å². The van der Waals surface area contributed by atoms with Crippen LogP contribution >= 0.6 is 22.6 Å². The van der Waals surface area contributed by atoms with Gasteiger partial charge in [-0.3, -0.25) is 4.79 Å². The summed E-state index contributed by atoms with van der Waals surface area (Å²) in [5.74, 6) is -0.248. The van der Waals surface area contributed by atoms with Crippen LogP contribution in [0.3, 0.4) is 0 Å². The van der Waals surface area contributed by atoms with Gasteiger partial charge in [-0.1, -0.05) is 22.6 Å². The molecule has 0 aromatic carbocycles. The topological polar surface area (TPSA) is 61.6 Å². The Balaban J connectivity index is 2.04. The molecule has 0 saturated heterocycles. The zero-order valence-corrected chi connectivity index (χ0v) is 12.5. The minimum Gasteiger partial charge on any atom is -0.378 e. The summed E-state index contributed by atoms with van der Waals surface area (Å²) in [7, 11) is 0. The van der Waals surface area contributed by atoms with Crippen molar-refractivity contribution in [1.82, 2.24) is 0 Å². The molecule has 1 atom stereocenters. The average Bonchev–Trinajstić information content (AvgIpc) is 2.25. The van der Waals surface area contributed by atoms with Crippen molar-refractivity contribution in [2.75, 3.05) is 6.61 Å². The standard InChI is InChI=1S/C12H22INO3/c1-9(13)17-11-6-4-10(5-7-11)16-8-2-3-12(14)15/h9-11H,2-8H2,1H3,(H2,14,15). The first kappa shape index (κ1) is 15.2. The van der Waals surface area contributed by atoms with Crippen LogP contribution in [0.1, 0.15) is 45.4 Å². The predicted octanol–water partition coefficient (Wildman–Crippen LogP) is 2.38. The summed E-state index contributed by atoms with van der Waals surface area (Å²) in [4.78, 5) is 10.5. The van der Waals surface area contributed by atoms with Gasteiger partial charge in [-0.2, -0.15) is 0 Å². The van der Waals surface area contributed by atoms with Crippen LogP contribution in [0.15, 0.2) is 0 Å². The summed E-state index contributed by atoms with van der Waals surface area (Å²) in [6.07, 6.45) is 6.16. The Kier molecular flexibility index (Phi) is 7.38. The molecular formula is C12H22INO3. The smallest absolute Gasteiger partial charge is 0.217 e. The van der Waals surface area contributed by atoms with Gasteiger partial charge >= 0.3 is 0 Å². The lowest BCUT2D eigenvalue weighted by Crippen LogP contribution is -2.28. The van der Waals surface area contributed by atoms with Crippen molar-refractivity contribution in [3.05, 3.63) is 0 Å². The normalized spacial score (nSPS) is 26.7. The third kappa shape index (κ3) is 7.21. The van der Waals surface area contributed by atoms with Crippen LogP contribution in [0, 0.1) is 0 Å². The quantitative estimate of drug-likeness (QED) is 0.433. The lowest BCUT2D eigenvalue weighted by molar-refractivity contribution is -0.118. The van der Waals surface area contributed by atoms with Crippen molar-refractivity contribution in [3.8, 4) is 0 Å². The molecule has 0 aliphatic heterocycles. The zero-order chi connectivity index (χ0) is 12.7. The van der Waals surface area contributed by atoms with E-state index < -0.39 is 0 Å². The fourth-order valence-electron chi connectivity index (χ4n) is 2.10. The van der Waals surface area contributed by atoms with Gasteiger partial charge in [-0.25, -0.2) is 0 Å². The Labute approximate surface area is 117 Å². The van der Waals surface area contributed by atoms with Gasteiger partial charge in [0, 0.05) is 13.0 Å². The number of hydrogen-bond acceptors (Lipinski definition) is 3. The van der Waals surface area contributed by atoms with Crippen LogP contribution in [0.4, 0.5) is 0 Å². The second-order valence-electron chi connectivity index (χ2n) is 4.52. The number of carbonyl (C=O) groups is 1. The Morgan fingerprint density at radius 3 is 2.47 bits per heavy atom. The van der Waals surface area contributed by atoms with E-state index in [0.29, 0.717) is 25.2 Å². The van der Waals surface area contributed by atoms with Crippen LogP contribution in [0.2, 0.25) is 0 Å². The predicted molar refractivity (Wildman–Crippen MR) is 75.0 cm³/mol. The molecule has 1 saturated carbocycles. The fourth-order valence-corrected chi connectivity index (χ4v) is 2.51. The van der Waals surface area contributed by atoms with E-state index in [1.165, 1.54) is 0 Å². The summed E-state index contributed by atoms with van der Waals surface area (Å²) in [6.45, 7) is 2.70. The summed E-state index contributed by atoms with van der Waals surface area (Å²) >= 11 is 2.29. The van der Waals surface area contributed by atoms with Crippen LogP contribution in [0.25, 0.3) is 0 Å². The van der Waals surface area contributed by atoms with Crippen molar-refractivity contribution in [3.63, 3.8) is 0 Å². The molecule has 0 aromatic heterocycles. The molecule has 4 nitrogen and oxygen atoms in total. The highest BCUT2D eigenvalue weighted by Crippen LogP contribution is 2.25. The molecule has 1 rings (SSSR count). The van der Waals surface area contributed by atoms with Gasteiger partial charge in [0.05, 0.1) is 12.2 Å². The number of primary amides is 1. The van der Waals surface area contributed by atoms with Crippen molar-refractivity contribution in [1.29, 1.82) is 0 Å². The molecule has 0 heterocycles. The number of alkyl halides is 1. The van der Waals surface area contributed by atoms with E-state index in [0.717, 1.165) is 32.1 Å². The highest BCUT2D eigenvalue weighted by Gasteiger charge is 2.22. The molecule has 5 heteroatoms. The SMILES string of the molecule is CC(I)OC1CCC(OCCCC(N)=O)CC1.